The van der Waals surface area contributed by atoms with Gasteiger partial charge in [0.15, 0.2) is 0 Å². The molecule has 6 amide bonds. The zero-order valence-electron chi connectivity index (χ0n) is 43.4. The smallest absolute Gasteiger partial charge is 0.417 e. The Balaban J connectivity index is 2.06. The lowest BCUT2D eigenvalue weighted by atomic mass is 9.88. The van der Waals surface area contributed by atoms with Crippen LogP contribution in [0.2, 0.25) is 0 Å². The lowest BCUT2D eigenvalue weighted by Gasteiger charge is -2.44. The molecule has 0 unspecified atom stereocenters. The van der Waals surface area contributed by atoms with Gasteiger partial charge in [-0.15, -0.1) is 0 Å². The molecule has 0 radical (unpaired) electrons. The molecule has 0 saturated carbocycles. The third kappa shape index (κ3) is 16.4. The number of benzene rings is 4. The summed E-state index contributed by atoms with van der Waals surface area (Å²) in [5, 5.41) is 24.8. The molecule has 4 aromatic carbocycles. The van der Waals surface area contributed by atoms with Crippen LogP contribution in [0.4, 0.5) is 9.59 Å². The fourth-order valence-electron chi connectivity index (χ4n) is 8.39. The number of carbonyl (C=O) groups excluding carboxylic acids is 6. The number of carbonyl (C=O) groups is 6. The van der Waals surface area contributed by atoms with Crippen molar-refractivity contribution in [2.75, 3.05) is 0 Å². The first-order valence-corrected chi connectivity index (χ1v) is 24.5. The highest BCUT2D eigenvalue weighted by molar-refractivity contribution is 6.08. The number of rotatable bonds is 20. The standard InChI is InChI=1S/C56H76N6O10/c1-35(2)45(61(53(69)71-55(5,6)7)49(65)42(58)32-38-25-17-12-18-26-38)51(67)60(44(34-40-29-21-14-22-30-40)48(64)47(63)41(57)31-37-23-15-11-16-24-37)52(68)46(36(3)4)62(54(70)72-56(8,9)10)50(66)43(59)33-39-27-19-13-20-28-39/h11-30,35-36,41-48,63-64H,31-34,57-59H2,1-10H3/t41-,42+,43+,44-,45+,46+,47-,48+/m1/s1. The van der Waals surface area contributed by atoms with Gasteiger partial charge in [0.05, 0.1) is 24.2 Å². The normalized spacial score (nSPS) is 15.2. The SMILES string of the molecule is CC(C)[C@@H](C(=O)N(C(=O)[C@H](C(C)C)N(C(=O)OC(C)(C)C)C(=O)[C@@H](N)Cc1ccccc1)[C@H](Cc1ccccc1)[C@H](O)[C@H](O)[C@H](N)Cc1ccccc1)N(C(=O)OC(C)(C)C)C(=O)[C@@H](N)Cc1ccccc1. The second-order valence-corrected chi connectivity index (χ2v) is 21.0. The summed E-state index contributed by atoms with van der Waals surface area (Å²) in [4.78, 5) is 93.3. The Morgan fingerprint density at radius 1 is 0.444 bits per heavy atom. The number of imide groups is 3. The van der Waals surface area contributed by atoms with Gasteiger partial charge in [0.25, 0.3) is 11.8 Å². The van der Waals surface area contributed by atoms with E-state index in [0.717, 1.165) is 5.56 Å². The topological polar surface area (TPSA) is 249 Å². The Hall–Kier alpha value is -6.30. The summed E-state index contributed by atoms with van der Waals surface area (Å²) in [6.07, 6.45) is -6.76. The molecule has 0 spiro atoms. The van der Waals surface area contributed by atoms with Crippen LogP contribution >= 0.6 is 0 Å². The largest absolute Gasteiger partial charge is 0.443 e. The second-order valence-electron chi connectivity index (χ2n) is 21.0. The molecule has 0 heterocycles. The van der Waals surface area contributed by atoms with Crippen molar-refractivity contribution < 1.29 is 48.5 Å². The molecule has 0 aliphatic heterocycles. The molecular formula is C56H76N6O10. The zero-order valence-corrected chi connectivity index (χ0v) is 43.4. The van der Waals surface area contributed by atoms with E-state index in [0.29, 0.717) is 31.4 Å². The van der Waals surface area contributed by atoms with Gasteiger partial charge in [-0.05, 0) is 101 Å². The van der Waals surface area contributed by atoms with Crippen molar-refractivity contribution in [3.05, 3.63) is 144 Å². The van der Waals surface area contributed by atoms with Gasteiger partial charge in [-0.1, -0.05) is 149 Å². The Morgan fingerprint density at radius 2 is 0.736 bits per heavy atom. The zero-order chi connectivity index (χ0) is 53.7. The number of ether oxygens (including phenoxy) is 2. The maximum atomic E-state index is 16.2. The summed E-state index contributed by atoms with van der Waals surface area (Å²) in [5.74, 6) is -6.46. The number of aliphatic hydroxyl groups is 2. The average Bonchev–Trinajstić information content (AvgIpc) is 3.30. The van der Waals surface area contributed by atoms with Gasteiger partial charge in [0, 0.05) is 6.04 Å². The maximum Gasteiger partial charge on any atom is 0.417 e. The molecule has 0 fully saturated rings. The van der Waals surface area contributed by atoms with Gasteiger partial charge in [0.1, 0.15) is 29.4 Å². The average molecular weight is 993 g/mol. The molecule has 0 aliphatic rings. The molecule has 8 atom stereocenters. The van der Waals surface area contributed by atoms with Crippen LogP contribution in [-0.4, -0.2) is 120 Å². The highest BCUT2D eigenvalue weighted by atomic mass is 16.6. The third-order valence-electron chi connectivity index (χ3n) is 11.8. The van der Waals surface area contributed by atoms with E-state index in [9.17, 15) is 29.4 Å². The van der Waals surface area contributed by atoms with E-state index in [1.165, 1.54) is 0 Å². The van der Waals surface area contributed by atoms with E-state index in [1.807, 2.05) is 0 Å². The number of aliphatic hydroxyl groups excluding tert-OH is 2. The number of nitrogens with two attached hydrogens (primary N) is 3. The first kappa shape index (κ1) is 58.3. The highest BCUT2D eigenvalue weighted by Crippen LogP contribution is 2.29. The van der Waals surface area contributed by atoms with Gasteiger partial charge in [0.2, 0.25) is 11.8 Å². The fraction of sp³-hybridized carbons (Fsp3) is 0.464. The Bertz CT molecular complexity index is 2280. The third-order valence-corrected chi connectivity index (χ3v) is 11.8. The molecule has 0 aromatic heterocycles. The first-order valence-electron chi connectivity index (χ1n) is 24.5. The Morgan fingerprint density at radius 3 is 1.03 bits per heavy atom. The molecule has 4 aromatic rings. The van der Waals surface area contributed by atoms with Gasteiger partial charge < -0.3 is 36.9 Å². The van der Waals surface area contributed by atoms with Crippen LogP contribution in [0, 0.1) is 11.8 Å². The van der Waals surface area contributed by atoms with Crippen molar-refractivity contribution in [2.24, 2.45) is 29.0 Å². The molecule has 16 nitrogen and oxygen atoms in total. The molecular weight excluding hydrogens is 917 g/mol. The van der Waals surface area contributed by atoms with Crippen molar-refractivity contribution in [3.63, 3.8) is 0 Å². The van der Waals surface area contributed by atoms with Crippen LogP contribution < -0.4 is 17.2 Å². The molecule has 0 aliphatic carbocycles. The Labute approximate surface area is 424 Å². The van der Waals surface area contributed by atoms with Crippen LogP contribution in [0.5, 0.6) is 0 Å². The second kappa shape index (κ2) is 25.9. The summed E-state index contributed by atoms with van der Waals surface area (Å²) in [5.41, 5.74) is 20.0. The lowest BCUT2D eigenvalue weighted by Crippen LogP contribution is -2.68. The number of hydrogen-bond donors (Lipinski definition) is 5. The minimum absolute atomic E-state index is 0.0582. The fourth-order valence-corrected chi connectivity index (χ4v) is 8.39. The van der Waals surface area contributed by atoms with E-state index in [-0.39, 0.29) is 25.7 Å². The van der Waals surface area contributed by atoms with Crippen molar-refractivity contribution >= 4 is 35.8 Å². The number of amides is 6. The van der Waals surface area contributed by atoms with E-state index < -0.39 is 107 Å². The van der Waals surface area contributed by atoms with E-state index in [2.05, 4.69) is 0 Å². The van der Waals surface area contributed by atoms with E-state index in [1.54, 1.807) is 191 Å². The van der Waals surface area contributed by atoms with E-state index >= 15 is 9.59 Å². The van der Waals surface area contributed by atoms with Crippen molar-refractivity contribution in [1.82, 2.24) is 14.7 Å². The quantitative estimate of drug-likeness (QED) is 0.0687. The summed E-state index contributed by atoms with van der Waals surface area (Å²) in [6, 6.07) is 25.5. The minimum atomic E-state index is -2.03. The summed E-state index contributed by atoms with van der Waals surface area (Å²) in [6.45, 7) is 15.6. The van der Waals surface area contributed by atoms with Gasteiger partial charge in [-0.2, -0.15) is 0 Å². The summed E-state index contributed by atoms with van der Waals surface area (Å²) < 4.78 is 11.6. The summed E-state index contributed by atoms with van der Waals surface area (Å²) >= 11 is 0. The molecule has 0 bridgehead atoms. The highest BCUT2D eigenvalue weighted by Gasteiger charge is 2.52. The number of nitrogens with zero attached hydrogens (tertiary/aromatic N) is 3. The van der Waals surface area contributed by atoms with Crippen molar-refractivity contribution in [1.29, 1.82) is 0 Å². The minimum Gasteiger partial charge on any atom is -0.443 e. The van der Waals surface area contributed by atoms with E-state index in [4.69, 9.17) is 26.7 Å². The summed E-state index contributed by atoms with van der Waals surface area (Å²) in [7, 11) is 0. The van der Waals surface area contributed by atoms with Gasteiger partial charge >= 0.3 is 12.2 Å². The van der Waals surface area contributed by atoms with Gasteiger partial charge in [-0.25, -0.2) is 19.4 Å². The van der Waals surface area contributed by atoms with Gasteiger partial charge in [-0.3, -0.25) is 24.1 Å². The number of hydrogen-bond acceptors (Lipinski definition) is 13. The predicted octanol–water partition coefficient (Wildman–Crippen LogP) is 5.96. The molecule has 16 heteroatoms. The van der Waals surface area contributed by atoms with Crippen LogP contribution in [0.15, 0.2) is 121 Å². The van der Waals surface area contributed by atoms with Crippen LogP contribution in [0.1, 0.15) is 91.5 Å². The lowest BCUT2D eigenvalue weighted by molar-refractivity contribution is -0.166. The molecule has 390 valence electrons. The maximum absolute atomic E-state index is 16.2. The molecule has 0 saturated heterocycles. The molecule has 72 heavy (non-hydrogen) atoms. The molecule has 8 N–H and O–H groups in total. The molecule has 4 rings (SSSR count). The van der Waals surface area contributed by atoms with Crippen LogP contribution in [-0.2, 0) is 54.3 Å². The van der Waals surface area contributed by atoms with Crippen LogP contribution in [0.25, 0.3) is 0 Å². The van der Waals surface area contributed by atoms with Crippen molar-refractivity contribution in [3.8, 4) is 0 Å². The van der Waals surface area contributed by atoms with Crippen LogP contribution in [0.3, 0.4) is 0 Å². The first-order chi connectivity index (χ1) is 33.7. The monoisotopic (exact) mass is 993 g/mol. The predicted molar refractivity (Wildman–Crippen MR) is 276 cm³/mol. The van der Waals surface area contributed by atoms with Crippen molar-refractivity contribution in [2.45, 2.75) is 155 Å². The Kier molecular flexibility index (Phi) is 21.0.